The van der Waals surface area contributed by atoms with Crippen LogP contribution in [-0.2, 0) is 0 Å². The largest absolute Gasteiger partial charge is 0.306 e. The molecule has 0 spiro atoms. The summed E-state index contributed by atoms with van der Waals surface area (Å²) in [5, 5.41) is 0. The minimum absolute atomic E-state index is 0.168. The normalized spacial score (nSPS) is 10.4. The van der Waals surface area contributed by atoms with E-state index in [9.17, 15) is 4.79 Å². The van der Waals surface area contributed by atoms with Crippen LogP contribution in [0, 0.1) is 13.8 Å². The van der Waals surface area contributed by atoms with Crippen LogP contribution in [-0.4, -0.2) is 15.0 Å². The van der Waals surface area contributed by atoms with Gasteiger partial charge in [0.15, 0.2) is 0 Å². The smallest absolute Gasteiger partial charge is 0.265 e. The highest BCUT2D eigenvalue weighted by atomic mass is 79.9. The first kappa shape index (κ1) is 11.0. The monoisotopic (exact) mass is 279 g/mol. The first-order valence-corrected chi connectivity index (χ1v) is 5.56. The third kappa shape index (κ3) is 1.90. The number of H-pyrrole nitrogens is 1. The van der Waals surface area contributed by atoms with Crippen LogP contribution >= 0.6 is 15.9 Å². The van der Waals surface area contributed by atoms with Gasteiger partial charge in [-0.05, 0) is 41.4 Å². The van der Waals surface area contributed by atoms with Gasteiger partial charge in [0.2, 0.25) is 0 Å². The second-order valence-corrected chi connectivity index (χ2v) is 4.30. The van der Waals surface area contributed by atoms with Crippen LogP contribution in [0.25, 0.3) is 11.4 Å². The zero-order valence-corrected chi connectivity index (χ0v) is 10.5. The van der Waals surface area contributed by atoms with Gasteiger partial charge in [-0.25, -0.2) is 4.98 Å². The Morgan fingerprint density at radius 3 is 2.75 bits per heavy atom. The van der Waals surface area contributed by atoms with Crippen LogP contribution in [0.1, 0.15) is 11.3 Å². The van der Waals surface area contributed by atoms with Crippen LogP contribution < -0.4 is 5.56 Å². The molecule has 2 aromatic heterocycles. The van der Waals surface area contributed by atoms with Gasteiger partial charge >= 0.3 is 0 Å². The Labute approximate surface area is 101 Å². The lowest BCUT2D eigenvalue weighted by molar-refractivity contribution is 1.05. The molecule has 0 saturated carbocycles. The zero-order chi connectivity index (χ0) is 11.7. The number of hydrogen-bond acceptors (Lipinski definition) is 3. The van der Waals surface area contributed by atoms with Crippen LogP contribution in [0.4, 0.5) is 0 Å². The topological polar surface area (TPSA) is 58.6 Å². The molecule has 2 rings (SSSR count). The van der Waals surface area contributed by atoms with E-state index >= 15 is 0 Å². The number of rotatable bonds is 1. The van der Waals surface area contributed by atoms with Crippen molar-refractivity contribution < 1.29 is 0 Å². The van der Waals surface area contributed by atoms with Crippen LogP contribution in [0.5, 0.6) is 0 Å². The second kappa shape index (κ2) is 4.17. The van der Waals surface area contributed by atoms with Gasteiger partial charge in [0.25, 0.3) is 5.56 Å². The lowest BCUT2D eigenvalue weighted by Gasteiger charge is -2.05. The van der Waals surface area contributed by atoms with Gasteiger partial charge in [-0.15, -0.1) is 0 Å². The van der Waals surface area contributed by atoms with Crippen LogP contribution in [0.15, 0.2) is 27.7 Å². The van der Waals surface area contributed by atoms with E-state index < -0.39 is 0 Å². The van der Waals surface area contributed by atoms with Gasteiger partial charge in [-0.3, -0.25) is 9.78 Å². The Kier molecular flexibility index (Phi) is 2.87. The molecule has 0 fully saturated rings. The summed E-state index contributed by atoms with van der Waals surface area (Å²) in [6.45, 7) is 3.72. The zero-order valence-electron chi connectivity index (χ0n) is 8.91. The maximum absolute atomic E-state index is 11.6. The fourth-order valence-electron chi connectivity index (χ4n) is 1.44. The SMILES string of the molecule is Cc1cnccc1-c1nc(C)c(Br)c(=O)[nH]1. The van der Waals surface area contributed by atoms with Crippen molar-refractivity contribution in [1.82, 2.24) is 15.0 Å². The summed E-state index contributed by atoms with van der Waals surface area (Å²) in [6.07, 6.45) is 3.42. The van der Waals surface area contributed by atoms with E-state index in [1.54, 1.807) is 19.3 Å². The van der Waals surface area contributed by atoms with Crippen LogP contribution in [0.2, 0.25) is 0 Å². The molecule has 0 unspecified atom stereocenters. The van der Waals surface area contributed by atoms with E-state index in [2.05, 4.69) is 30.9 Å². The quantitative estimate of drug-likeness (QED) is 0.871. The summed E-state index contributed by atoms with van der Waals surface area (Å²) < 4.78 is 0.475. The van der Waals surface area contributed by atoms with Gasteiger partial charge in [0.05, 0.1) is 5.69 Å². The van der Waals surface area contributed by atoms with E-state index in [-0.39, 0.29) is 5.56 Å². The second-order valence-electron chi connectivity index (χ2n) is 3.50. The summed E-state index contributed by atoms with van der Waals surface area (Å²) in [7, 11) is 0. The van der Waals surface area contributed by atoms with Gasteiger partial charge in [0.1, 0.15) is 10.3 Å². The number of aromatic amines is 1. The summed E-state index contributed by atoms with van der Waals surface area (Å²) in [6, 6.07) is 1.83. The highest BCUT2D eigenvalue weighted by Crippen LogP contribution is 2.18. The number of nitrogens with one attached hydrogen (secondary N) is 1. The molecule has 0 aliphatic carbocycles. The van der Waals surface area contributed by atoms with E-state index in [1.807, 2.05) is 13.0 Å². The van der Waals surface area contributed by atoms with Crippen molar-refractivity contribution in [3.05, 3.63) is 44.5 Å². The molecule has 82 valence electrons. The number of halogens is 1. The fraction of sp³-hybridized carbons (Fsp3) is 0.182. The summed E-state index contributed by atoms with van der Waals surface area (Å²) >= 11 is 3.19. The predicted octanol–water partition coefficient (Wildman–Crippen LogP) is 2.21. The number of aryl methyl sites for hydroxylation is 2. The van der Waals surface area contributed by atoms with E-state index in [0.717, 1.165) is 11.1 Å². The molecule has 16 heavy (non-hydrogen) atoms. The summed E-state index contributed by atoms with van der Waals surface area (Å²) in [5.41, 5.74) is 2.38. The lowest BCUT2D eigenvalue weighted by Crippen LogP contribution is -2.12. The van der Waals surface area contributed by atoms with Crippen molar-refractivity contribution in [2.45, 2.75) is 13.8 Å². The van der Waals surface area contributed by atoms with Crippen molar-refractivity contribution in [2.75, 3.05) is 0 Å². The van der Waals surface area contributed by atoms with Gasteiger partial charge in [-0.2, -0.15) is 0 Å². The molecule has 1 N–H and O–H groups in total. The third-order valence-corrected chi connectivity index (χ3v) is 3.24. The standard InChI is InChI=1S/C11H10BrN3O/c1-6-5-13-4-3-8(6)10-14-7(2)9(12)11(16)15-10/h3-5H,1-2H3,(H,14,15,16). The summed E-state index contributed by atoms with van der Waals surface area (Å²) in [4.78, 5) is 22.7. The Morgan fingerprint density at radius 1 is 1.38 bits per heavy atom. The first-order valence-electron chi connectivity index (χ1n) is 4.77. The molecule has 0 atom stereocenters. The van der Waals surface area contributed by atoms with Gasteiger partial charge in [-0.1, -0.05) is 0 Å². The minimum atomic E-state index is -0.168. The van der Waals surface area contributed by atoms with Crippen molar-refractivity contribution in [3.63, 3.8) is 0 Å². The lowest BCUT2D eigenvalue weighted by atomic mass is 10.1. The molecule has 0 amide bonds. The van der Waals surface area contributed by atoms with Crippen LogP contribution in [0.3, 0.4) is 0 Å². The average Bonchev–Trinajstić information content (AvgIpc) is 2.26. The van der Waals surface area contributed by atoms with E-state index in [0.29, 0.717) is 16.0 Å². The average molecular weight is 280 g/mol. The van der Waals surface area contributed by atoms with Crippen molar-refractivity contribution >= 4 is 15.9 Å². The molecular weight excluding hydrogens is 270 g/mol. The third-order valence-electron chi connectivity index (χ3n) is 2.30. The minimum Gasteiger partial charge on any atom is -0.306 e. The Morgan fingerprint density at radius 2 is 2.12 bits per heavy atom. The maximum atomic E-state index is 11.6. The first-order chi connectivity index (χ1) is 7.59. The van der Waals surface area contributed by atoms with Crippen molar-refractivity contribution in [2.24, 2.45) is 0 Å². The number of pyridine rings is 1. The predicted molar refractivity (Wildman–Crippen MR) is 65.3 cm³/mol. The van der Waals surface area contributed by atoms with Crippen molar-refractivity contribution in [3.8, 4) is 11.4 Å². The van der Waals surface area contributed by atoms with E-state index in [4.69, 9.17) is 0 Å². The summed E-state index contributed by atoms with van der Waals surface area (Å²) in [5.74, 6) is 0.575. The van der Waals surface area contributed by atoms with Gasteiger partial charge < -0.3 is 4.98 Å². The highest BCUT2D eigenvalue weighted by molar-refractivity contribution is 9.10. The number of nitrogens with zero attached hydrogens (tertiary/aromatic N) is 2. The fourth-order valence-corrected chi connectivity index (χ4v) is 1.63. The maximum Gasteiger partial charge on any atom is 0.265 e. The molecule has 2 aromatic rings. The molecule has 2 heterocycles. The number of aromatic nitrogens is 3. The Hall–Kier alpha value is -1.49. The molecule has 0 radical (unpaired) electrons. The molecule has 0 aromatic carbocycles. The highest BCUT2D eigenvalue weighted by Gasteiger charge is 2.08. The van der Waals surface area contributed by atoms with E-state index in [1.165, 1.54) is 0 Å². The van der Waals surface area contributed by atoms with Crippen molar-refractivity contribution in [1.29, 1.82) is 0 Å². The molecular formula is C11H10BrN3O. The van der Waals surface area contributed by atoms with Gasteiger partial charge in [0, 0.05) is 18.0 Å². The molecule has 5 heteroatoms. The number of hydrogen-bond donors (Lipinski definition) is 1. The molecule has 4 nitrogen and oxygen atoms in total. The molecule has 0 saturated heterocycles. The molecule has 0 bridgehead atoms. The Bertz CT molecular complexity index is 592. The Balaban J connectivity index is 2.67. The molecule has 0 aliphatic rings. The molecule has 0 aliphatic heterocycles.